The van der Waals surface area contributed by atoms with Crippen LogP contribution in [0.4, 0.5) is 5.69 Å². The normalized spacial score (nSPS) is 12.1. The second-order valence-corrected chi connectivity index (χ2v) is 6.38. The number of ether oxygens (including phenoxy) is 1. The average Bonchev–Trinajstić information content (AvgIpc) is 2.43. The summed E-state index contributed by atoms with van der Waals surface area (Å²) in [4.78, 5) is 0. The van der Waals surface area contributed by atoms with Crippen LogP contribution >= 0.6 is 31.9 Å². The van der Waals surface area contributed by atoms with E-state index in [4.69, 9.17) is 4.74 Å². The van der Waals surface area contributed by atoms with Gasteiger partial charge in [0.1, 0.15) is 5.75 Å². The van der Waals surface area contributed by atoms with Crippen molar-refractivity contribution in [1.29, 1.82) is 0 Å². The van der Waals surface area contributed by atoms with Crippen LogP contribution < -0.4 is 10.1 Å². The molecule has 106 valence electrons. The molecule has 0 aromatic heterocycles. The van der Waals surface area contributed by atoms with E-state index in [1.165, 1.54) is 11.1 Å². The van der Waals surface area contributed by atoms with Crippen LogP contribution in [0.25, 0.3) is 0 Å². The highest BCUT2D eigenvalue weighted by Gasteiger charge is 2.10. The van der Waals surface area contributed by atoms with E-state index in [0.29, 0.717) is 0 Å². The molecule has 20 heavy (non-hydrogen) atoms. The van der Waals surface area contributed by atoms with Gasteiger partial charge in [0, 0.05) is 16.2 Å². The van der Waals surface area contributed by atoms with Crippen LogP contribution in [0.2, 0.25) is 0 Å². The third-order valence-electron chi connectivity index (χ3n) is 3.32. The third kappa shape index (κ3) is 3.36. The van der Waals surface area contributed by atoms with Crippen molar-refractivity contribution in [3.63, 3.8) is 0 Å². The van der Waals surface area contributed by atoms with Crippen molar-refractivity contribution in [2.24, 2.45) is 0 Å². The fourth-order valence-corrected chi connectivity index (χ4v) is 2.96. The first-order chi connectivity index (χ1) is 9.52. The summed E-state index contributed by atoms with van der Waals surface area (Å²) in [6.45, 7) is 4.25. The number of rotatable bonds is 4. The summed E-state index contributed by atoms with van der Waals surface area (Å²) in [6, 6.07) is 12.5. The Bertz CT molecular complexity index is 613. The number of halogens is 2. The van der Waals surface area contributed by atoms with Crippen molar-refractivity contribution in [1.82, 2.24) is 0 Å². The van der Waals surface area contributed by atoms with Gasteiger partial charge >= 0.3 is 0 Å². The Kier molecular flexibility index (Phi) is 5.11. The van der Waals surface area contributed by atoms with E-state index in [0.717, 1.165) is 20.4 Å². The van der Waals surface area contributed by atoms with Crippen LogP contribution in [0.5, 0.6) is 5.75 Å². The Balaban J connectivity index is 2.21. The lowest BCUT2D eigenvalue weighted by molar-refractivity contribution is 0.412. The van der Waals surface area contributed by atoms with Crippen LogP contribution in [0.3, 0.4) is 0 Å². The smallest absolute Gasteiger partial charge is 0.133 e. The van der Waals surface area contributed by atoms with Gasteiger partial charge in [0.2, 0.25) is 0 Å². The topological polar surface area (TPSA) is 21.3 Å². The first kappa shape index (κ1) is 15.4. The molecule has 0 radical (unpaired) electrons. The molecule has 0 saturated heterocycles. The lowest BCUT2D eigenvalue weighted by Gasteiger charge is -2.19. The van der Waals surface area contributed by atoms with E-state index in [1.807, 2.05) is 12.1 Å². The maximum atomic E-state index is 5.26. The highest BCUT2D eigenvalue weighted by Crippen LogP contribution is 2.31. The Labute approximate surface area is 136 Å². The molecule has 0 aliphatic carbocycles. The van der Waals surface area contributed by atoms with E-state index in [-0.39, 0.29) is 6.04 Å². The van der Waals surface area contributed by atoms with Crippen molar-refractivity contribution >= 4 is 37.5 Å². The van der Waals surface area contributed by atoms with Crippen molar-refractivity contribution < 1.29 is 4.74 Å². The molecule has 2 nitrogen and oxygen atoms in total. The lowest BCUT2D eigenvalue weighted by atomic mass is 10.1. The fraction of sp³-hybridized carbons (Fsp3) is 0.250. The summed E-state index contributed by atoms with van der Waals surface area (Å²) in [5.41, 5.74) is 3.56. The van der Waals surface area contributed by atoms with Gasteiger partial charge in [-0.25, -0.2) is 0 Å². The summed E-state index contributed by atoms with van der Waals surface area (Å²) in [7, 11) is 1.67. The molecule has 1 N–H and O–H groups in total. The molecule has 0 aliphatic rings. The van der Waals surface area contributed by atoms with Gasteiger partial charge < -0.3 is 10.1 Å². The average molecular weight is 399 g/mol. The Morgan fingerprint density at radius 1 is 1.10 bits per heavy atom. The molecule has 0 saturated carbocycles. The zero-order valence-electron chi connectivity index (χ0n) is 11.7. The SMILES string of the molecule is COc1ccc(C(C)Nc2cccc(Br)c2C)cc1Br. The summed E-state index contributed by atoms with van der Waals surface area (Å²) < 4.78 is 7.35. The van der Waals surface area contributed by atoms with Crippen LogP contribution in [0.1, 0.15) is 24.1 Å². The summed E-state index contributed by atoms with van der Waals surface area (Å²) in [5.74, 6) is 0.847. The number of hydrogen-bond donors (Lipinski definition) is 1. The lowest BCUT2D eigenvalue weighted by Crippen LogP contribution is -2.08. The Morgan fingerprint density at radius 2 is 1.85 bits per heavy atom. The van der Waals surface area contributed by atoms with E-state index in [2.05, 4.69) is 75.3 Å². The molecule has 2 aromatic rings. The molecular weight excluding hydrogens is 382 g/mol. The van der Waals surface area contributed by atoms with Gasteiger partial charge in [-0.1, -0.05) is 28.1 Å². The van der Waals surface area contributed by atoms with E-state index < -0.39 is 0 Å². The van der Waals surface area contributed by atoms with Gasteiger partial charge in [-0.05, 0) is 65.2 Å². The Hall–Kier alpha value is -1.000. The van der Waals surface area contributed by atoms with Crippen molar-refractivity contribution in [3.8, 4) is 5.75 Å². The monoisotopic (exact) mass is 397 g/mol. The molecule has 1 unspecified atom stereocenters. The van der Waals surface area contributed by atoms with Gasteiger partial charge in [-0.2, -0.15) is 0 Å². The number of benzene rings is 2. The minimum atomic E-state index is 0.213. The standard InChI is InChI=1S/C16H17Br2NO/c1-10-13(17)5-4-6-15(10)19-11(2)12-7-8-16(20-3)14(18)9-12/h4-9,11,19H,1-3H3. The van der Waals surface area contributed by atoms with Gasteiger partial charge in [0.25, 0.3) is 0 Å². The zero-order chi connectivity index (χ0) is 14.7. The maximum Gasteiger partial charge on any atom is 0.133 e. The summed E-state index contributed by atoms with van der Waals surface area (Å²) in [6.07, 6.45) is 0. The molecule has 0 fully saturated rings. The molecule has 4 heteroatoms. The van der Waals surface area contributed by atoms with Crippen LogP contribution in [-0.2, 0) is 0 Å². The van der Waals surface area contributed by atoms with Gasteiger partial charge in [0.15, 0.2) is 0 Å². The Morgan fingerprint density at radius 3 is 2.50 bits per heavy atom. The molecule has 2 aromatic carbocycles. The van der Waals surface area contributed by atoms with E-state index in [9.17, 15) is 0 Å². The van der Waals surface area contributed by atoms with Crippen LogP contribution in [0.15, 0.2) is 45.3 Å². The number of methoxy groups -OCH3 is 1. The van der Waals surface area contributed by atoms with Crippen molar-refractivity contribution in [2.75, 3.05) is 12.4 Å². The zero-order valence-corrected chi connectivity index (χ0v) is 14.9. The molecule has 1 atom stereocenters. The summed E-state index contributed by atoms with van der Waals surface area (Å²) in [5, 5.41) is 3.54. The molecule has 2 rings (SSSR count). The number of nitrogens with one attached hydrogen (secondary N) is 1. The predicted octanol–water partition coefficient (Wildman–Crippen LogP) is 5.70. The van der Waals surface area contributed by atoms with Gasteiger partial charge in [-0.15, -0.1) is 0 Å². The molecule has 0 bridgehead atoms. The molecule has 0 aliphatic heterocycles. The molecule has 0 heterocycles. The minimum absolute atomic E-state index is 0.213. The quantitative estimate of drug-likeness (QED) is 0.712. The largest absolute Gasteiger partial charge is 0.496 e. The van der Waals surface area contributed by atoms with Crippen LogP contribution in [-0.4, -0.2) is 7.11 Å². The third-order valence-corrected chi connectivity index (χ3v) is 4.79. The van der Waals surface area contributed by atoms with Crippen molar-refractivity contribution in [3.05, 3.63) is 56.5 Å². The predicted molar refractivity (Wildman–Crippen MR) is 91.6 cm³/mol. The molecule has 0 amide bonds. The highest BCUT2D eigenvalue weighted by molar-refractivity contribution is 9.10. The summed E-state index contributed by atoms with van der Waals surface area (Å²) >= 11 is 7.09. The second-order valence-electron chi connectivity index (χ2n) is 4.67. The molecule has 0 spiro atoms. The first-order valence-corrected chi connectivity index (χ1v) is 7.96. The first-order valence-electron chi connectivity index (χ1n) is 6.38. The maximum absolute atomic E-state index is 5.26. The number of hydrogen-bond acceptors (Lipinski definition) is 2. The van der Waals surface area contributed by atoms with Gasteiger partial charge in [-0.3, -0.25) is 0 Å². The van der Waals surface area contributed by atoms with Crippen LogP contribution in [0, 0.1) is 6.92 Å². The second kappa shape index (κ2) is 6.64. The number of anilines is 1. The minimum Gasteiger partial charge on any atom is -0.496 e. The van der Waals surface area contributed by atoms with E-state index in [1.54, 1.807) is 7.11 Å². The highest BCUT2D eigenvalue weighted by atomic mass is 79.9. The van der Waals surface area contributed by atoms with E-state index >= 15 is 0 Å². The van der Waals surface area contributed by atoms with Crippen molar-refractivity contribution in [2.45, 2.75) is 19.9 Å². The van der Waals surface area contributed by atoms with Gasteiger partial charge in [0.05, 0.1) is 11.6 Å². The fourth-order valence-electron chi connectivity index (χ4n) is 2.03. The molecular formula is C16H17Br2NO.